The molecular formula is C17H21O4PS. The molecule has 1 atom stereocenters. The van der Waals surface area contributed by atoms with Crippen molar-refractivity contribution in [1.82, 2.24) is 0 Å². The molecular weight excluding hydrogens is 331 g/mol. The van der Waals surface area contributed by atoms with Crippen molar-refractivity contribution in [2.24, 2.45) is 0 Å². The van der Waals surface area contributed by atoms with Crippen LogP contribution < -0.4 is 5.30 Å². The van der Waals surface area contributed by atoms with Crippen LogP contribution in [-0.4, -0.2) is 19.7 Å². The highest BCUT2D eigenvalue weighted by Crippen LogP contribution is 2.50. The average molecular weight is 352 g/mol. The number of ether oxygens (including phenoxy) is 1. The zero-order chi connectivity index (χ0) is 17.0. The fourth-order valence-electron chi connectivity index (χ4n) is 2.55. The molecule has 0 saturated carbocycles. The van der Waals surface area contributed by atoms with E-state index in [1.165, 1.54) is 18.4 Å². The summed E-state index contributed by atoms with van der Waals surface area (Å²) in [4.78, 5) is 12.3. The summed E-state index contributed by atoms with van der Waals surface area (Å²) in [6.45, 7) is 6.10. The minimum absolute atomic E-state index is 0.193. The lowest BCUT2D eigenvalue weighted by Crippen LogP contribution is -2.14. The number of methoxy groups -OCH3 is 1. The first-order valence-electron chi connectivity index (χ1n) is 7.37. The van der Waals surface area contributed by atoms with Crippen LogP contribution in [0.3, 0.4) is 0 Å². The summed E-state index contributed by atoms with van der Waals surface area (Å²) >= 11 is 1.29. The second kappa shape index (κ2) is 7.43. The monoisotopic (exact) mass is 352 g/mol. The Hall–Kier alpha value is -1.42. The van der Waals surface area contributed by atoms with Crippen molar-refractivity contribution in [2.45, 2.75) is 26.9 Å². The van der Waals surface area contributed by atoms with Gasteiger partial charge in [0.25, 0.3) is 0 Å². The number of carbonyl (C=O) groups excluding carboxylic acids is 1. The highest BCUT2D eigenvalue weighted by Gasteiger charge is 2.30. The molecule has 0 aliphatic heterocycles. The Morgan fingerprint density at radius 3 is 2.61 bits per heavy atom. The molecule has 0 saturated heterocycles. The lowest BCUT2D eigenvalue weighted by Gasteiger charge is -2.20. The molecule has 2 rings (SSSR count). The first-order chi connectivity index (χ1) is 10.9. The quantitative estimate of drug-likeness (QED) is 0.575. The molecule has 1 aromatic carbocycles. The summed E-state index contributed by atoms with van der Waals surface area (Å²) in [7, 11) is -1.75. The Morgan fingerprint density at radius 2 is 2.00 bits per heavy atom. The molecule has 0 fully saturated rings. The van der Waals surface area contributed by atoms with E-state index < -0.39 is 13.3 Å². The summed E-state index contributed by atoms with van der Waals surface area (Å²) in [6, 6.07) is 7.61. The summed E-state index contributed by atoms with van der Waals surface area (Å²) in [5.74, 6) is -0.404. The molecule has 4 nitrogen and oxygen atoms in total. The SMILES string of the molecule is CCOP(=O)(Cc1ccsc1C(=O)OC)c1ccc(C)cc1C. The van der Waals surface area contributed by atoms with Gasteiger partial charge >= 0.3 is 5.97 Å². The van der Waals surface area contributed by atoms with Gasteiger partial charge in [0.1, 0.15) is 4.88 Å². The lowest BCUT2D eigenvalue weighted by atomic mass is 10.2. The summed E-state index contributed by atoms with van der Waals surface area (Å²) in [6.07, 6.45) is 0.193. The van der Waals surface area contributed by atoms with Gasteiger partial charge in [-0.25, -0.2) is 4.79 Å². The van der Waals surface area contributed by atoms with Crippen LogP contribution in [0.2, 0.25) is 0 Å². The number of hydrogen-bond donors (Lipinski definition) is 0. The van der Waals surface area contributed by atoms with Crippen molar-refractivity contribution in [2.75, 3.05) is 13.7 Å². The lowest BCUT2D eigenvalue weighted by molar-refractivity contribution is 0.0605. The van der Waals surface area contributed by atoms with Crippen molar-refractivity contribution in [3.05, 3.63) is 51.2 Å². The van der Waals surface area contributed by atoms with Gasteiger partial charge in [-0.3, -0.25) is 4.57 Å². The highest BCUT2D eigenvalue weighted by molar-refractivity contribution is 7.66. The van der Waals surface area contributed by atoms with Gasteiger partial charge in [-0.1, -0.05) is 17.7 Å². The molecule has 0 aliphatic rings. The standard InChI is InChI=1S/C17H21O4PS/c1-5-21-22(19,15-7-6-12(2)10-13(15)3)11-14-8-9-23-16(14)17(18)20-4/h6-10H,5,11H2,1-4H3. The Kier molecular flexibility index (Phi) is 5.79. The number of benzene rings is 1. The van der Waals surface area contributed by atoms with E-state index in [-0.39, 0.29) is 6.16 Å². The van der Waals surface area contributed by atoms with E-state index in [2.05, 4.69) is 0 Å². The van der Waals surface area contributed by atoms with E-state index in [1.54, 1.807) is 5.38 Å². The summed E-state index contributed by atoms with van der Waals surface area (Å²) < 4.78 is 24.0. The van der Waals surface area contributed by atoms with Crippen LogP contribution in [-0.2, 0) is 20.0 Å². The molecule has 0 spiro atoms. The van der Waals surface area contributed by atoms with Gasteiger partial charge in [-0.2, -0.15) is 0 Å². The van der Waals surface area contributed by atoms with Crippen LogP contribution in [0.1, 0.15) is 33.3 Å². The predicted molar refractivity (Wildman–Crippen MR) is 94.1 cm³/mol. The molecule has 0 radical (unpaired) electrons. The number of rotatable bonds is 6. The van der Waals surface area contributed by atoms with E-state index in [1.807, 2.05) is 45.0 Å². The maximum absolute atomic E-state index is 13.5. The molecule has 124 valence electrons. The fourth-order valence-corrected chi connectivity index (χ4v) is 5.93. The average Bonchev–Trinajstić information content (AvgIpc) is 2.94. The van der Waals surface area contributed by atoms with E-state index in [0.717, 1.165) is 11.1 Å². The van der Waals surface area contributed by atoms with Crippen molar-refractivity contribution in [3.63, 3.8) is 0 Å². The second-order valence-electron chi connectivity index (χ2n) is 5.31. The fraction of sp³-hybridized carbons (Fsp3) is 0.353. The van der Waals surface area contributed by atoms with Crippen LogP contribution in [0.4, 0.5) is 0 Å². The smallest absolute Gasteiger partial charge is 0.348 e. The van der Waals surface area contributed by atoms with Crippen LogP contribution in [0, 0.1) is 13.8 Å². The van der Waals surface area contributed by atoms with Gasteiger partial charge in [0, 0.05) is 5.30 Å². The highest BCUT2D eigenvalue weighted by atomic mass is 32.1. The van der Waals surface area contributed by atoms with Crippen molar-refractivity contribution in [3.8, 4) is 0 Å². The number of thiophene rings is 1. The van der Waals surface area contributed by atoms with Crippen LogP contribution in [0.5, 0.6) is 0 Å². The number of hydrogen-bond acceptors (Lipinski definition) is 5. The zero-order valence-corrected chi connectivity index (χ0v) is 15.5. The topological polar surface area (TPSA) is 52.6 Å². The first kappa shape index (κ1) is 17.9. The normalized spacial score (nSPS) is 13.6. The predicted octanol–water partition coefficient (Wildman–Crippen LogP) is 4.29. The van der Waals surface area contributed by atoms with E-state index in [4.69, 9.17) is 9.26 Å². The molecule has 1 heterocycles. The third-order valence-corrected chi connectivity index (χ3v) is 7.16. The summed E-state index contributed by atoms with van der Waals surface area (Å²) in [5.41, 5.74) is 2.76. The van der Waals surface area contributed by atoms with Gasteiger partial charge in [0.15, 0.2) is 0 Å². The molecule has 1 aromatic heterocycles. The molecule has 0 N–H and O–H groups in total. The second-order valence-corrected chi connectivity index (χ2v) is 8.62. The number of aryl methyl sites for hydroxylation is 2. The van der Waals surface area contributed by atoms with Crippen LogP contribution >= 0.6 is 18.7 Å². The molecule has 0 aliphatic carbocycles. The molecule has 1 unspecified atom stereocenters. The Morgan fingerprint density at radius 1 is 1.26 bits per heavy atom. The Labute approximate surface area is 140 Å². The molecule has 0 amide bonds. The minimum Gasteiger partial charge on any atom is -0.465 e. The Balaban J connectivity index is 2.44. The van der Waals surface area contributed by atoms with Crippen LogP contribution in [0.25, 0.3) is 0 Å². The van der Waals surface area contributed by atoms with Gasteiger partial charge in [0.05, 0.1) is 19.9 Å². The van der Waals surface area contributed by atoms with E-state index >= 15 is 0 Å². The van der Waals surface area contributed by atoms with Gasteiger partial charge in [-0.05, 0) is 49.4 Å². The van der Waals surface area contributed by atoms with E-state index in [0.29, 0.717) is 22.4 Å². The molecule has 0 bridgehead atoms. The maximum atomic E-state index is 13.5. The largest absolute Gasteiger partial charge is 0.465 e. The van der Waals surface area contributed by atoms with E-state index in [9.17, 15) is 9.36 Å². The molecule has 6 heteroatoms. The first-order valence-corrected chi connectivity index (χ1v) is 10.1. The van der Waals surface area contributed by atoms with Crippen molar-refractivity contribution in [1.29, 1.82) is 0 Å². The van der Waals surface area contributed by atoms with Gasteiger partial charge in [-0.15, -0.1) is 11.3 Å². The van der Waals surface area contributed by atoms with Gasteiger partial charge < -0.3 is 9.26 Å². The van der Waals surface area contributed by atoms with Gasteiger partial charge in [0.2, 0.25) is 7.37 Å². The molecule has 23 heavy (non-hydrogen) atoms. The Bertz CT molecular complexity index is 751. The maximum Gasteiger partial charge on any atom is 0.348 e. The minimum atomic E-state index is -3.10. The number of carbonyl (C=O) groups is 1. The zero-order valence-electron chi connectivity index (χ0n) is 13.8. The van der Waals surface area contributed by atoms with Crippen LogP contribution in [0.15, 0.2) is 29.6 Å². The third kappa shape index (κ3) is 3.92. The number of esters is 1. The van der Waals surface area contributed by atoms with Crippen molar-refractivity contribution < 1.29 is 18.6 Å². The third-order valence-electron chi connectivity index (χ3n) is 3.55. The molecule has 2 aromatic rings. The van der Waals surface area contributed by atoms with Crippen molar-refractivity contribution >= 4 is 30.0 Å². The summed E-state index contributed by atoms with van der Waals surface area (Å²) in [5, 5.41) is 2.52.